The minimum Gasteiger partial charge on any atom is -0.484 e. The van der Waals surface area contributed by atoms with Crippen LogP contribution in [0.1, 0.15) is 41.7 Å². The Bertz CT molecular complexity index is 1170. The molecule has 190 valence electrons. The van der Waals surface area contributed by atoms with Crippen LogP contribution in [0.4, 0.5) is 0 Å². The maximum Gasteiger partial charge on any atom is 0.261 e. The molecule has 5 nitrogen and oxygen atoms in total. The second-order valence-electron chi connectivity index (χ2n) is 9.54. The first-order valence-electron chi connectivity index (χ1n) is 12.2. The molecule has 0 heterocycles. The molecule has 0 radical (unpaired) electrons. The second kappa shape index (κ2) is 12.7. The van der Waals surface area contributed by atoms with Gasteiger partial charge in [0.1, 0.15) is 11.8 Å². The van der Waals surface area contributed by atoms with E-state index in [0.29, 0.717) is 18.7 Å². The van der Waals surface area contributed by atoms with Gasteiger partial charge in [-0.1, -0.05) is 76.1 Å². The fourth-order valence-electron chi connectivity index (χ4n) is 4.16. The third-order valence-corrected chi connectivity index (χ3v) is 7.16. The molecule has 1 atom stereocenters. The van der Waals surface area contributed by atoms with Crippen molar-refractivity contribution in [2.75, 3.05) is 6.61 Å². The summed E-state index contributed by atoms with van der Waals surface area (Å²) in [5.41, 5.74) is 5.13. The molecule has 6 heteroatoms. The van der Waals surface area contributed by atoms with Crippen LogP contribution in [0.15, 0.2) is 71.2 Å². The topological polar surface area (TPSA) is 58.6 Å². The van der Waals surface area contributed by atoms with Crippen LogP contribution in [-0.4, -0.2) is 35.4 Å². The highest BCUT2D eigenvalue weighted by atomic mass is 79.9. The Labute approximate surface area is 223 Å². The SMILES string of the molecule is Cc1cccc(CN(C(=O)COc2cc(C)c(Br)c(C)c2)[C@@H](Cc2ccccc2)C(=O)NC(C)C)c1. The van der Waals surface area contributed by atoms with Crippen molar-refractivity contribution in [3.63, 3.8) is 0 Å². The molecule has 0 fully saturated rings. The van der Waals surface area contributed by atoms with Gasteiger partial charge in [-0.05, 0) is 69.0 Å². The van der Waals surface area contributed by atoms with E-state index in [2.05, 4.69) is 21.2 Å². The molecule has 0 aliphatic carbocycles. The van der Waals surface area contributed by atoms with Crippen molar-refractivity contribution in [2.45, 2.75) is 59.7 Å². The average Bonchev–Trinajstić information content (AvgIpc) is 2.83. The molecule has 0 aliphatic heterocycles. The van der Waals surface area contributed by atoms with Crippen molar-refractivity contribution in [2.24, 2.45) is 0 Å². The minimum atomic E-state index is -0.681. The number of nitrogens with one attached hydrogen (secondary N) is 1. The number of aryl methyl sites for hydroxylation is 3. The lowest BCUT2D eigenvalue weighted by atomic mass is 10.0. The van der Waals surface area contributed by atoms with Crippen LogP contribution in [0.3, 0.4) is 0 Å². The molecule has 0 unspecified atom stereocenters. The van der Waals surface area contributed by atoms with Gasteiger partial charge in [-0.3, -0.25) is 9.59 Å². The lowest BCUT2D eigenvalue weighted by Crippen LogP contribution is -2.52. The standard InChI is InChI=1S/C30H35BrN2O3/c1-20(2)32-30(35)27(17-24-11-7-6-8-12-24)33(18-25-13-9-10-21(3)14-25)28(34)19-36-26-15-22(4)29(31)23(5)16-26/h6-16,20,27H,17-19H2,1-5H3,(H,32,35)/t27-/m0/s1. The van der Waals surface area contributed by atoms with Gasteiger partial charge in [-0.2, -0.15) is 0 Å². The quantitative estimate of drug-likeness (QED) is 0.341. The molecule has 2 amide bonds. The summed E-state index contributed by atoms with van der Waals surface area (Å²) in [6, 6.07) is 20.9. The van der Waals surface area contributed by atoms with Gasteiger partial charge in [0, 0.05) is 23.5 Å². The van der Waals surface area contributed by atoms with E-state index in [1.165, 1.54) is 0 Å². The number of halogens is 1. The number of hydrogen-bond donors (Lipinski definition) is 1. The van der Waals surface area contributed by atoms with Gasteiger partial charge < -0.3 is 15.0 Å². The summed E-state index contributed by atoms with van der Waals surface area (Å²) in [7, 11) is 0. The van der Waals surface area contributed by atoms with E-state index in [4.69, 9.17) is 4.74 Å². The molecule has 0 saturated heterocycles. The highest BCUT2D eigenvalue weighted by molar-refractivity contribution is 9.10. The Balaban J connectivity index is 1.92. The smallest absolute Gasteiger partial charge is 0.261 e. The molecule has 0 spiro atoms. The fraction of sp³-hybridized carbons (Fsp3) is 0.333. The maximum absolute atomic E-state index is 13.7. The molecule has 1 N–H and O–H groups in total. The van der Waals surface area contributed by atoms with Crippen molar-refractivity contribution in [1.82, 2.24) is 10.2 Å². The van der Waals surface area contributed by atoms with E-state index < -0.39 is 6.04 Å². The Kier molecular flexibility index (Phi) is 9.71. The van der Waals surface area contributed by atoms with Crippen LogP contribution < -0.4 is 10.1 Å². The van der Waals surface area contributed by atoms with Gasteiger partial charge >= 0.3 is 0 Å². The van der Waals surface area contributed by atoms with Crippen molar-refractivity contribution >= 4 is 27.7 Å². The van der Waals surface area contributed by atoms with Crippen molar-refractivity contribution in [3.05, 3.63) is 99.0 Å². The summed E-state index contributed by atoms with van der Waals surface area (Å²) in [5.74, 6) is 0.211. The van der Waals surface area contributed by atoms with E-state index in [9.17, 15) is 9.59 Å². The molecule has 3 rings (SSSR count). The Morgan fingerprint density at radius 3 is 2.17 bits per heavy atom. The zero-order valence-electron chi connectivity index (χ0n) is 21.7. The molecule has 0 aromatic heterocycles. The summed E-state index contributed by atoms with van der Waals surface area (Å²) in [6.45, 7) is 9.99. The number of amides is 2. The van der Waals surface area contributed by atoms with Crippen LogP contribution in [0.5, 0.6) is 5.75 Å². The van der Waals surface area contributed by atoms with Crippen LogP contribution in [0.25, 0.3) is 0 Å². The van der Waals surface area contributed by atoms with Crippen molar-refractivity contribution < 1.29 is 14.3 Å². The molecular weight excluding hydrogens is 516 g/mol. The number of benzene rings is 3. The Morgan fingerprint density at radius 1 is 0.917 bits per heavy atom. The van der Waals surface area contributed by atoms with Gasteiger partial charge in [0.2, 0.25) is 5.91 Å². The van der Waals surface area contributed by atoms with E-state index in [-0.39, 0.29) is 24.5 Å². The number of ether oxygens (including phenoxy) is 1. The monoisotopic (exact) mass is 550 g/mol. The summed E-state index contributed by atoms with van der Waals surface area (Å²) in [4.78, 5) is 28.7. The first-order valence-corrected chi connectivity index (χ1v) is 13.0. The largest absolute Gasteiger partial charge is 0.484 e. The lowest BCUT2D eigenvalue weighted by molar-refractivity contribution is -0.143. The fourth-order valence-corrected chi connectivity index (χ4v) is 4.39. The van der Waals surface area contributed by atoms with Crippen LogP contribution in [0.2, 0.25) is 0 Å². The third kappa shape index (κ3) is 7.69. The molecule has 3 aromatic rings. The number of carbonyl (C=O) groups is 2. The number of carbonyl (C=O) groups excluding carboxylic acids is 2. The molecule has 0 aliphatic rings. The van der Waals surface area contributed by atoms with E-state index >= 15 is 0 Å². The zero-order valence-corrected chi connectivity index (χ0v) is 23.3. The highest BCUT2D eigenvalue weighted by Gasteiger charge is 2.31. The number of hydrogen-bond acceptors (Lipinski definition) is 3. The van der Waals surface area contributed by atoms with Crippen LogP contribution >= 0.6 is 15.9 Å². The van der Waals surface area contributed by atoms with E-state index in [0.717, 1.165) is 32.3 Å². The molecule has 0 saturated carbocycles. The van der Waals surface area contributed by atoms with Gasteiger partial charge in [0.05, 0.1) is 0 Å². The van der Waals surface area contributed by atoms with Gasteiger partial charge in [-0.25, -0.2) is 0 Å². The maximum atomic E-state index is 13.7. The molecule has 3 aromatic carbocycles. The predicted molar refractivity (Wildman–Crippen MR) is 148 cm³/mol. The average molecular weight is 552 g/mol. The minimum absolute atomic E-state index is 0.0448. The summed E-state index contributed by atoms with van der Waals surface area (Å²) < 4.78 is 6.97. The van der Waals surface area contributed by atoms with E-state index in [1.54, 1.807) is 4.90 Å². The first-order chi connectivity index (χ1) is 17.1. The highest BCUT2D eigenvalue weighted by Crippen LogP contribution is 2.26. The Morgan fingerprint density at radius 2 is 1.56 bits per heavy atom. The summed E-state index contributed by atoms with van der Waals surface area (Å²) in [5, 5.41) is 3.01. The first kappa shape index (κ1) is 27.5. The van der Waals surface area contributed by atoms with Crippen molar-refractivity contribution in [1.29, 1.82) is 0 Å². The number of rotatable bonds is 10. The lowest BCUT2D eigenvalue weighted by Gasteiger charge is -2.32. The van der Waals surface area contributed by atoms with Gasteiger partial charge in [0.15, 0.2) is 6.61 Å². The number of nitrogens with zero attached hydrogens (tertiary/aromatic N) is 1. The Hall–Kier alpha value is -3.12. The zero-order chi connectivity index (χ0) is 26.2. The van der Waals surface area contributed by atoms with Crippen LogP contribution in [0, 0.1) is 20.8 Å². The second-order valence-corrected chi connectivity index (χ2v) is 10.3. The molecular formula is C30H35BrN2O3. The van der Waals surface area contributed by atoms with Gasteiger partial charge in [0.25, 0.3) is 5.91 Å². The molecule has 36 heavy (non-hydrogen) atoms. The predicted octanol–water partition coefficient (Wildman–Crippen LogP) is 5.92. The molecule has 0 bridgehead atoms. The summed E-state index contributed by atoms with van der Waals surface area (Å²) in [6.07, 6.45) is 0.410. The third-order valence-electron chi connectivity index (χ3n) is 5.91. The van der Waals surface area contributed by atoms with E-state index in [1.807, 2.05) is 101 Å². The van der Waals surface area contributed by atoms with Crippen LogP contribution in [-0.2, 0) is 22.6 Å². The van der Waals surface area contributed by atoms with Gasteiger partial charge in [-0.15, -0.1) is 0 Å². The normalized spacial score (nSPS) is 11.8. The van der Waals surface area contributed by atoms with Crippen molar-refractivity contribution in [3.8, 4) is 5.75 Å². The summed E-state index contributed by atoms with van der Waals surface area (Å²) >= 11 is 3.57.